The maximum atomic E-state index is 6.69. The van der Waals surface area contributed by atoms with E-state index in [-0.39, 0.29) is 0 Å². The Labute approximate surface area is 109 Å². The van der Waals surface area contributed by atoms with Crippen molar-refractivity contribution in [1.82, 2.24) is 4.90 Å². The van der Waals surface area contributed by atoms with E-state index in [1.807, 2.05) is 0 Å². The second-order valence-corrected chi connectivity index (χ2v) is 5.34. The van der Waals surface area contributed by atoms with Crippen molar-refractivity contribution in [3.8, 4) is 0 Å². The van der Waals surface area contributed by atoms with Gasteiger partial charge in [0, 0.05) is 6.04 Å². The molecule has 0 aliphatic rings. The second-order valence-electron chi connectivity index (χ2n) is 5.34. The van der Waals surface area contributed by atoms with Gasteiger partial charge in [0.15, 0.2) is 0 Å². The van der Waals surface area contributed by atoms with Gasteiger partial charge in [-0.15, -0.1) is 0 Å². The first-order valence-electron chi connectivity index (χ1n) is 6.17. The predicted molar refractivity (Wildman–Crippen MR) is 79.4 cm³/mol. The van der Waals surface area contributed by atoms with E-state index in [0.29, 0.717) is 11.5 Å². The number of hydrogen-bond donors (Lipinski definition) is 2. The van der Waals surface area contributed by atoms with Gasteiger partial charge in [-0.2, -0.15) is 0 Å². The van der Waals surface area contributed by atoms with Crippen molar-refractivity contribution in [2.45, 2.75) is 66.8 Å². The zero-order valence-electron chi connectivity index (χ0n) is 12.5. The second kappa shape index (κ2) is 13.3. The molecule has 0 heterocycles. The van der Waals surface area contributed by atoms with E-state index in [2.05, 4.69) is 73.4 Å². The van der Waals surface area contributed by atoms with Crippen LogP contribution in [-0.2, 0) is 0 Å². The minimum absolute atomic E-state index is 0.416. The molecular formula is C13H33NOS. The van der Waals surface area contributed by atoms with Gasteiger partial charge < -0.3 is 9.45 Å². The molecule has 16 heavy (non-hydrogen) atoms. The van der Waals surface area contributed by atoms with E-state index >= 15 is 0 Å². The fourth-order valence-corrected chi connectivity index (χ4v) is 1.74. The molecule has 0 aromatic heterocycles. The fraction of sp³-hybridized carbons (Fsp3) is 1.00. The molecule has 2 nitrogen and oxygen atoms in total. The number of thiol groups is 1. The third-order valence-corrected chi connectivity index (χ3v) is 2.19. The summed E-state index contributed by atoms with van der Waals surface area (Å²) in [4.78, 5) is 2.34. The van der Waals surface area contributed by atoms with Crippen LogP contribution in [0.5, 0.6) is 0 Å². The molecule has 0 aliphatic heterocycles. The number of nitrogens with zero attached hydrogens (tertiary/aromatic N) is 1. The molecule has 1 N–H and O–H groups in total. The van der Waals surface area contributed by atoms with Crippen molar-refractivity contribution in [3.05, 3.63) is 0 Å². The topological polar surface area (TPSA) is 23.5 Å². The molecule has 0 saturated heterocycles. The molecule has 0 radical (unpaired) electrons. The lowest BCUT2D eigenvalue weighted by Gasteiger charge is -2.35. The van der Waals surface area contributed by atoms with Crippen molar-refractivity contribution in [2.75, 3.05) is 14.1 Å². The molecule has 0 aliphatic carbocycles. The lowest BCUT2D eigenvalue weighted by Crippen LogP contribution is -2.39. The van der Waals surface area contributed by atoms with Gasteiger partial charge in [-0.25, -0.2) is 0 Å². The monoisotopic (exact) mass is 251 g/mol. The summed E-state index contributed by atoms with van der Waals surface area (Å²) in [5.41, 5.74) is 0.416. The lowest BCUT2D eigenvalue weighted by molar-refractivity contribution is 0.142. The van der Waals surface area contributed by atoms with Gasteiger partial charge in [0.05, 0.1) is 0 Å². The molecule has 0 rings (SSSR count). The van der Waals surface area contributed by atoms with Crippen LogP contribution in [0.2, 0.25) is 0 Å². The van der Waals surface area contributed by atoms with Crippen LogP contribution in [0.3, 0.4) is 0 Å². The van der Waals surface area contributed by atoms with Gasteiger partial charge in [-0.05, 0) is 38.8 Å². The summed E-state index contributed by atoms with van der Waals surface area (Å²) in [6, 6.07) is 0.715. The highest BCUT2D eigenvalue weighted by atomic mass is 32.1. The summed E-state index contributed by atoms with van der Waals surface area (Å²) < 4.78 is 6.69. The van der Waals surface area contributed by atoms with E-state index in [1.165, 1.54) is 19.3 Å². The Morgan fingerprint density at radius 1 is 1.06 bits per heavy atom. The largest absolute Gasteiger partial charge is 0.333 e. The molecule has 1 atom stereocenters. The highest BCUT2D eigenvalue weighted by Gasteiger charge is 2.24. The van der Waals surface area contributed by atoms with Crippen LogP contribution in [0.25, 0.3) is 0 Å². The van der Waals surface area contributed by atoms with Crippen molar-refractivity contribution in [2.24, 2.45) is 5.41 Å². The van der Waals surface area contributed by atoms with Crippen LogP contribution in [-0.4, -0.2) is 29.6 Å². The van der Waals surface area contributed by atoms with Crippen molar-refractivity contribution < 1.29 is 4.55 Å². The first-order valence-corrected chi connectivity index (χ1v) is 6.57. The molecule has 1 unspecified atom stereocenters. The standard InChI is InChI=1S/C10H23N.C3H8.H2OS/c1-7-8-9(11(5)6)10(2,3)4;1-3-2;1-2/h9H,7-8H2,1-6H3;3H2,1-2H3;1-2H. The molecule has 0 saturated carbocycles. The molecule has 0 fully saturated rings. The van der Waals surface area contributed by atoms with Gasteiger partial charge in [0.1, 0.15) is 0 Å². The van der Waals surface area contributed by atoms with E-state index in [4.69, 9.17) is 4.55 Å². The maximum Gasteiger partial charge on any atom is 0.0138 e. The molecule has 0 bridgehead atoms. The Kier molecular flexibility index (Phi) is 18.0. The highest BCUT2D eigenvalue weighted by Crippen LogP contribution is 2.25. The molecule has 102 valence electrons. The highest BCUT2D eigenvalue weighted by molar-refractivity contribution is 7.74. The minimum Gasteiger partial charge on any atom is -0.333 e. The third-order valence-electron chi connectivity index (χ3n) is 2.19. The first-order chi connectivity index (χ1) is 7.31. The van der Waals surface area contributed by atoms with Gasteiger partial charge in [0.2, 0.25) is 0 Å². The summed E-state index contributed by atoms with van der Waals surface area (Å²) in [7, 11) is 4.34. The Bertz CT molecular complexity index is 122. The van der Waals surface area contributed by atoms with Crippen LogP contribution in [0.15, 0.2) is 0 Å². The summed E-state index contributed by atoms with van der Waals surface area (Å²) in [5, 5.41) is 0. The van der Waals surface area contributed by atoms with Gasteiger partial charge in [0.25, 0.3) is 0 Å². The van der Waals surface area contributed by atoms with Crippen LogP contribution >= 0.6 is 12.9 Å². The number of rotatable bonds is 3. The van der Waals surface area contributed by atoms with Crippen molar-refractivity contribution in [3.63, 3.8) is 0 Å². The maximum absolute atomic E-state index is 6.69. The molecule has 0 aromatic carbocycles. The van der Waals surface area contributed by atoms with Gasteiger partial charge in [-0.1, -0.05) is 54.4 Å². The first kappa shape index (κ1) is 21.5. The summed E-state index contributed by atoms with van der Waals surface area (Å²) in [6.07, 6.45) is 3.83. The summed E-state index contributed by atoms with van der Waals surface area (Å²) in [5.74, 6) is 0. The van der Waals surface area contributed by atoms with Gasteiger partial charge in [-0.3, -0.25) is 0 Å². The fourth-order valence-electron chi connectivity index (χ4n) is 1.74. The molecule has 0 spiro atoms. The smallest absolute Gasteiger partial charge is 0.0138 e. The Hall–Kier alpha value is 0.270. The van der Waals surface area contributed by atoms with Crippen LogP contribution in [0.4, 0.5) is 0 Å². The molecule has 0 amide bonds. The minimum atomic E-state index is 0.416. The Morgan fingerprint density at radius 2 is 1.38 bits per heavy atom. The normalized spacial score (nSPS) is 12.2. The Balaban J connectivity index is -0.000000289. The van der Waals surface area contributed by atoms with E-state index in [0.717, 1.165) is 0 Å². The van der Waals surface area contributed by atoms with Gasteiger partial charge >= 0.3 is 0 Å². The Morgan fingerprint density at radius 3 is 1.44 bits per heavy atom. The SMILES string of the molecule is CCC.CCCC(N(C)C)C(C)(C)C.OS. The van der Waals surface area contributed by atoms with E-state index < -0.39 is 0 Å². The van der Waals surface area contributed by atoms with Crippen LogP contribution in [0.1, 0.15) is 60.8 Å². The quantitative estimate of drug-likeness (QED) is 0.567. The zero-order valence-corrected chi connectivity index (χ0v) is 13.4. The van der Waals surface area contributed by atoms with Crippen molar-refractivity contribution in [1.29, 1.82) is 0 Å². The van der Waals surface area contributed by atoms with Crippen LogP contribution < -0.4 is 0 Å². The summed E-state index contributed by atoms with van der Waals surface area (Å²) >= 11 is 2.53. The number of hydrogen-bond acceptors (Lipinski definition) is 3. The van der Waals surface area contributed by atoms with Crippen LogP contribution in [0, 0.1) is 5.41 Å². The lowest BCUT2D eigenvalue weighted by atomic mass is 9.83. The average molecular weight is 251 g/mol. The van der Waals surface area contributed by atoms with E-state index in [9.17, 15) is 0 Å². The zero-order chi connectivity index (χ0) is 13.8. The molecule has 0 aromatic rings. The predicted octanol–water partition coefficient (Wildman–Crippen LogP) is 4.57. The third kappa shape index (κ3) is 14.3. The summed E-state index contributed by atoms with van der Waals surface area (Å²) in [6.45, 7) is 13.4. The molecule has 3 heteroatoms. The van der Waals surface area contributed by atoms with Crippen molar-refractivity contribution >= 4 is 12.9 Å². The van der Waals surface area contributed by atoms with E-state index in [1.54, 1.807) is 0 Å². The average Bonchev–Trinajstić information content (AvgIpc) is 2.16. The molecular weight excluding hydrogens is 218 g/mol.